The van der Waals surface area contributed by atoms with E-state index in [0.717, 1.165) is 22.4 Å². The van der Waals surface area contributed by atoms with Crippen LogP contribution in [0.15, 0.2) is 60.7 Å². The van der Waals surface area contributed by atoms with Crippen molar-refractivity contribution in [3.05, 3.63) is 66.2 Å². The van der Waals surface area contributed by atoms with Gasteiger partial charge >= 0.3 is 5.97 Å². The Balaban J connectivity index is 2.15. The van der Waals surface area contributed by atoms with Gasteiger partial charge in [0.25, 0.3) is 0 Å². The number of carboxylic acid groups (broad SMARTS) is 1. The molecule has 0 saturated carbocycles. The van der Waals surface area contributed by atoms with Crippen LogP contribution in [-0.2, 0) is 11.2 Å². The second-order valence-corrected chi connectivity index (χ2v) is 4.97. The van der Waals surface area contributed by atoms with Crippen LogP contribution in [0.3, 0.4) is 0 Å². The van der Waals surface area contributed by atoms with E-state index in [1.165, 1.54) is 0 Å². The lowest BCUT2D eigenvalue weighted by Crippen LogP contribution is -1.97. The maximum atomic E-state index is 10.6. The molecule has 0 aliphatic rings. The van der Waals surface area contributed by atoms with Gasteiger partial charge in [0.05, 0.1) is 0 Å². The van der Waals surface area contributed by atoms with Gasteiger partial charge in [0.15, 0.2) is 0 Å². The number of benzene rings is 2. The normalized spacial score (nSPS) is 10.8. The van der Waals surface area contributed by atoms with Crippen molar-refractivity contribution in [2.45, 2.75) is 19.8 Å². The molecule has 0 amide bonds. The number of allylic oxidation sites excluding steroid dienone is 1. The molecule has 1 N–H and O–H groups in total. The number of carboxylic acids is 1. The standard InChI is InChI=1S/C19H20O3/c1-2-3-14-22-18-7-5-4-6-17(18)16-11-8-15(9-12-16)10-13-19(20)21/h2-9,11-12H,10,13-14H2,1H3,(H,20,21)/b3-2-. The summed E-state index contributed by atoms with van der Waals surface area (Å²) in [4.78, 5) is 10.6. The molecule has 0 atom stereocenters. The second kappa shape index (κ2) is 8.03. The molecular formula is C19H20O3. The van der Waals surface area contributed by atoms with E-state index in [-0.39, 0.29) is 6.42 Å². The topological polar surface area (TPSA) is 46.5 Å². The van der Waals surface area contributed by atoms with Gasteiger partial charge in [-0.25, -0.2) is 0 Å². The lowest BCUT2D eigenvalue weighted by Gasteiger charge is -2.11. The average Bonchev–Trinajstić information content (AvgIpc) is 2.54. The summed E-state index contributed by atoms with van der Waals surface area (Å²) < 4.78 is 5.78. The molecule has 0 aliphatic heterocycles. The van der Waals surface area contributed by atoms with Crippen LogP contribution < -0.4 is 4.74 Å². The number of para-hydroxylation sites is 1. The number of aryl methyl sites for hydroxylation is 1. The molecule has 0 fully saturated rings. The largest absolute Gasteiger partial charge is 0.489 e. The number of ether oxygens (including phenoxy) is 1. The van der Waals surface area contributed by atoms with Crippen molar-refractivity contribution in [3.63, 3.8) is 0 Å². The Hall–Kier alpha value is -2.55. The van der Waals surface area contributed by atoms with Crippen LogP contribution in [0, 0.1) is 0 Å². The Morgan fingerprint density at radius 2 is 1.86 bits per heavy atom. The second-order valence-electron chi connectivity index (χ2n) is 4.97. The van der Waals surface area contributed by atoms with Crippen LogP contribution >= 0.6 is 0 Å². The maximum Gasteiger partial charge on any atom is 0.303 e. The molecule has 0 unspecified atom stereocenters. The molecule has 2 rings (SSSR count). The smallest absolute Gasteiger partial charge is 0.303 e. The summed E-state index contributed by atoms with van der Waals surface area (Å²) in [6.45, 7) is 2.51. The van der Waals surface area contributed by atoms with E-state index in [1.807, 2.05) is 67.6 Å². The van der Waals surface area contributed by atoms with Gasteiger partial charge in [-0.1, -0.05) is 54.6 Å². The zero-order chi connectivity index (χ0) is 15.8. The van der Waals surface area contributed by atoms with Crippen LogP contribution in [-0.4, -0.2) is 17.7 Å². The van der Waals surface area contributed by atoms with Crippen LogP contribution in [0.25, 0.3) is 11.1 Å². The molecule has 0 heterocycles. The summed E-state index contributed by atoms with van der Waals surface area (Å²) >= 11 is 0. The molecule has 0 spiro atoms. The predicted molar refractivity (Wildman–Crippen MR) is 88.1 cm³/mol. The van der Waals surface area contributed by atoms with E-state index in [0.29, 0.717) is 13.0 Å². The van der Waals surface area contributed by atoms with Crippen LogP contribution in [0.1, 0.15) is 18.9 Å². The lowest BCUT2D eigenvalue weighted by molar-refractivity contribution is -0.136. The summed E-state index contributed by atoms with van der Waals surface area (Å²) in [5.41, 5.74) is 3.13. The van der Waals surface area contributed by atoms with Gasteiger partial charge in [-0.2, -0.15) is 0 Å². The van der Waals surface area contributed by atoms with Crippen molar-refractivity contribution in [3.8, 4) is 16.9 Å². The molecule has 3 nitrogen and oxygen atoms in total. The molecule has 3 heteroatoms. The Morgan fingerprint density at radius 3 is 2.55 bits per heavy atom. The molecule has 114 valence electrons. The van der Waals surface area contributed by atoms with Crippen molar-refractivity contribution in [1.29, 1.82) is 0 Å². The van der Waals surface area contributed by atoms with Gasteiger partial charge in [0, 0.05) is 12.0 Å². The minimum Gasteiger partial charge on any atom is -0.489 e. The summed E-state index contributed by atoms with van der Waals surface area (Å²) in [6, 6.07) is 15.9. The summed E-state index contributed by atoms with van der Waals surface area (Å²) in [5.74, 6) is 0.0747. The average molecular weight is 296 g/mol. The molecule has 22 heavy (non-hydrogen) atoms. The zero-order valence-electron chi connectivity index (χ0n) is 12.7. The van der Waals surface area contributed by atoms with Crippen LogP contribution in [0.5, 0.6) is 5.75 Å². The first kappa shape index (κ1) is 15.8. The number of hydrogen-bond donors (Lipinski definition) is 1. The number of rotatable bonds is 7. The molecule has 0 radical (unpaired) electrons. The summed E-state index contributed by atoms with van der Waals surface area (Å²) in [7, 11) is 0. The van der Waals surface area contributed by atoms with E-state index < -0.39 is 5.97 Å². The highest BCUT2D eigenvalue weighted by molar-refractivity contribution is 5.71. The molecule has 0 bridgehead atoms. The van der Waals surface area contributed by atoms with E-state index in [9.17, 15) is 4.79 Å². The van der Waals surface area contributed by atoms with Crippen molar-refractivity contribution in [2.24, 2.45) is 0 Å². The molecule has 0 aliphatic carbocycles. The first-order chi connectivity index (χ1) is 10.7. The van der Waals surface area contributed by atoms with Crippen molar-refractivity contribution in [2.75, 3.05) is 6.61 Å². The van der Waals surface area contributed by atoms with E-state index in [2.05, 4.69) is 0 Å². The SMILES string of the molecule is C/C=C\COc1ccccc1-c1ccc(CCC(=O)O)cc1. The van der Waals surface area contributed by atoms with Gasteiger partial charge in [0.1, 0.15) is 12.4 Å². The minimum absolute atomic E-state index is 0.155. The zero-order valence-corrected chi connectivity index (χ0v) is 12.7. The first-order valence-electron chi connectivity index (χ1n) is 7.35. The number of aliphatic carboxylic acids is 1. The first-order valence-corrected chi connectivity index (χ1v) is 7.35. The summed E-state index contributed by atoms with van der Waals surface area (Å²) in [5, 5.41) is 8.72. The Kier molecular flexibility index (Phi) is 5.78. The third-order valence-electron chi connectivity index (χ3n) is 3.35. The molecule has 2 aromatic carbocycles. The highest BCUT2D eigenvalue weighted by Gasteiger charge is 2.06. The third kappa shape index (κ3) is 4.48. The van der Waals surface area contributed by atoms with Crippen LogP contribution in [0.2, 0.25) is 0 Å². The van der Waals surface area contributed by atoms with E-state index >= 15 is 0 Å². The van der Waals surface area contributed by atoms with Gasteiger partial charge < -0.3 is 9.84 Å². The quantitative estimate of drug-likeness (QED) is 0.774. The van der Waals surface area contributed by atoms with Crippen LogP contribution in [0.4, 0.5) is 0 Å². The summed E-state index contributed by atoms with van der Waals surface area (Å²) in [6.07, 6.45) is 4.63. The highest BCUT2D eigenvalue weighted by atomic mass is 16.5. The van der Waals surface area contributed by atoms with Gasteiger partial charge in [-0.15, -0.1) is 0 Å². The molecule has 0 aromatic heterocycles. The third-order valence-corrected chi connectivity index (χ3v) is 3.35. The predicted octanol–water partition coefficient (Wildman–Crippen LogP) is 4.33. The van der Waals surface area contributed by atoms with Gasteiger partial charge in [-0.05, 0) is 30.5 Å². The van der Waals surface area contributed by atoms with E-state index in [4.69, 9.17) is 9.84 Å². The molecule has 0 saturated heterocycles. The fraction of sp³-hybridized carbons (Fsp3) is 0.211. The number of carbonyl (C=O) groups is 1. The van der Waals surface area contributed by atoms with Gasteiger partial charge in [0.2, 0.25) is 0 Å². The molecule has 2 aromatic rings. The van der Waals surface area contributed by atoms with Crippen molar-refractivity contribution < 1.29 is 14.6 Å². The Labute approximate surface area is 130 Å². The Morgan fingerprint density at radius 1 is 1.14 bits per heavy atom. The van der Waals surface area contributed by atoms with Crippen molar-refractivity contribution >= 4 is 5.97 Å². The highest BCUT2D eigenvalue weighted by Crippen LogP contribution is 2.30. The molecular weight excluding hydrogens is 276 g/mol. The lowest BCUT2D eigenvalue weighted by atomic mass is 10.0. The fourth-order valence-electron chi connectivity index (χ4n) is 2.17. The monoisotopic (exact) mass is 296 g/mol. The Bertz CT molecular complexity index is 642. The fourth-order valence-corrected chi connectivity index (χ4v) is 2.17. The van der Waals surface area contributed by atoms with Crippen molar-refractivity contribution in [1.82, 2.24) is 0 Å². The number of hydrogen-bond acceptors (Lipinski definition) is 2. The van der Waals surface area contributed by atoms with Gasteiger partial charge in [-0.3, -0.25) is 4.79 Å². The van der Waals surface area contributed by atoms with E-state index in [1.54, 1.807) is 0 Å². The minimum atomic E-state index is -0.771. The maximum absolute atomic E-state index is 10.6.